The van der Waals surface area contributed by atoms with Crippen molar-refractivity contribution in [1.82, 2.24) is 5.32 Å². The van der Waals surface area contributed by atoms with Gasteiger partial charge in [0.25, 0.3) is 0 Å². The number of anilines is 1. The molecule has 7 heteroatoms. The highest BCUT2D eigenvalue weighted by Gasteiger charge is 2.03. The smallest absolute Gasteiger partial charge is 0.319 e. The number of hydrogen-bond donors (Lipinski definition) is 4. The predicted molar refractivity (Wildman–Crippen MR) is 73.5 cm³/mol. The van der Waals surface area contributed by atoms with Crippen molar-refractivity contribution in [3.8, 4) is 0 Å². The van der Waals surface area contributed by atoms with Crippen LogP contribution < -0.4 is 16.4 Å². The first-order valence-electron chi connectivity index (χ1n) is 6.15. The van der Waals surface area contributed by atoms with E-state index in [2.05, 4.69) is 10.6 Å². The van der Waals surface area contributed by atoms with Crippen LogP contribution in [0, 0.1) is 0 Å². The Balaban J connectivity index is 2.28. The fourth-order valence-corrected chi connectivity index (χ4v) is 1.50. The van der Waals surface area contributed by atoms with Gasteiger partial charge in [0.1, 0.15) is 0 Å². The summed E-state index contributed by atoms with van der Waals surface area (Å²) >= 11 is 0. The lowest BCUT2D eigenvalue weighted by Gasteiger charge is -2.07. The van der Waals surface area contributed by atoms with E-state index in [-0.39, 0.29) is 12.5 Å². The molecule has 0 aromatic heterocycles. The molecule has 7 nitrogen and oxygen atoms in total. The van der Waals surface area contributed by atoms with Gasteiger partial charge in [-0.25, -0.2) is 4.79 Å². The van der Waals surface area contributed by atoms with E-state index in [0.29, 0.717) is 30.6 Å². The molecule has 0 bridgehead atoms. The third-order valence-corrected chi connectivity index (χ3v) is 2.53. The number of nitrogens with one attached hydrogen (secondary N) is 2. The minimum absolute atomic E-state index is 0.0951. The monoisotopic (exact) mass is 279 g/mol. The molecule has 1 aromatic rings. The first kappa shape index (κ1) is 15.5. The second kappa shape index (κ2) is 7.78. The van der Waals surface area contributed by atoms with Gasteiger partial charge in [0.05, 0.1) is 0 Å². The van der Waals surface area contributed by atoms with Crippen LogP contribution in [0.1, 0.15) is 29.6 Å². The highest BCUT2D eigenvalue weighted by Crippen LogP contribution is 2.08. The Kier molecular flexibility index (Phi) is 6.02. The molecule has 0 aliphatic rings. The van der Waals surface area contributed by atoms with Crippen LogP contribution in [-0.4, -0.2) is 29.6 Å². The largest absolute Gasteiger partial charge is 0.481 e. The highest BCUT2D eigenvalue weighted by molar-refractivity contribution is 5.94. The lowest BCUT2D eigenvalue weighted by Crippen LogP contribution is -2.29. The molecule has 0 radical (unpaired) electrons. The highest BCUT2D eigenvalue weighted by atomic mass is 16.4. The van der Waals surface area contributed by atoms with Crippen molar-refractivity contribution in [2.45, 2.75) is 19.3 Å². The third-order valence-electron chi connectivity index (χ3n) is 2.53. The predicted octanol–water partition coefficient (Wildman–Crippen LogP) is 1.16. The van der Waals surface area contributed by atoms with Gasteiger partial charge < -0.3 is 21.5 Å². The molecule has 0 atom stereocenters. The van der Waals surface area contributed by atoms with Gasteiger partial charge in [-0.3, -0.25) is 9.59 Å². The minimum Gasteiger partial charge on any atom is -0.481 e. The van der Waals surface area contributed by atoms with E-state index in [1.165, 1.54) is 12.1 Å². The van der Waals surface area contributed by atoms with Gasteiger partial charge in [-0.2, -0.15) is 0 Å². The van der Waals surface area contributed by atoms with Crippen molar-refractivity contribution < 1.29 is 19.5 Å². The standard InChI is InChI=1S/C13H17N3O4/c14-12(19)9-4-6-10(7-5-9)16-13(20)15-8-2-1-3-11(17)18/h4-7H,1-3,8H2,(H2,14,19)(H,17,18)(H2,15,16,20). The number of unbranched alkanes of at least 4 members (excludes halogenated alkanes) is 1. The lowest BCUT2D eigenvalue weighted by atomic mass is 10.2. The SMILES string of the molecule is NC(=O)c1ccc(NC(=O)NCCCCC(=O)O)cc1. The van der Waals surface area contributed by atoms with E-state index in [1.54, 1.807) is 12.1 Å². The van der Waals surface area contributed by atoms with E-state index in [0.717, 1.165) is 0 Å². The summed E-state index contributed by atoms with van der Waals surface area (Å²) in [5.41, 5.74) is 6.01. The van der Waals surface area contributed by atoms with Crippen molar-refractivity contribution in [1.29, 1.82) is 0 Å². The zero-order chi connectivity index (χ0) is 15.0. The minimum atomic E-state index is -0.844. The topological polar surface area (TPSA) is 122 Å². The molecule has 1 rings (SSSR count). The van der Waals surface area contributed by atoms with Crippen LogP contribution >= 0.6 is 0 Å². The number of carbonyl (C=O) groups is 3. The van der Waals surface area contributed by atoms with Gasteiger partial charge in [-0.1, -0.05) is 0 Å². The lowest BCUT2D eigenvalue weighted by molar-refractivity contribution is -0.137. The Morgan fingerprint density at radius 3 is 2.30 bits per heavy atom. The average Bonchev–Trinajstić information content (AvgIpc) is 2.38. The number of hydrogen-bond acceptors (Lipinski definition) is 3. The van der Waals surface area contributed by atoms with Crippen LogP contribution in [0.15, 0.2) is 24.3 Å². The maximum Gasteiger partial charge on any atom is 0.319 e. The molecule has 0 aliphatic carbocycles. The van der Waals surface area contributed by atoms with Gasteiger partial charge in [0.2, 0.25) is 5.91 Å². The van der Waals surface area contributed by atoms with Gasteiger partial charge in [0, 0.05) is 24.2 Å². The molecular weight excluding hydrogens is 262 g/mol. The molecule has 0 aliphatic heterocycles. The summed E-state index contributed by atoms with van der Waals surface area (Å²) < 4.78 is 0. The molecule has 0 spiro atoms. The molecule has 1 aromatic carbocycles. The normalized spacial score (nSPS) is 9.80. The average molecular weight is 279 g/mol. The molecule has 0 saturated carbocycles. The summed E-state index contributed by atoms with van der Waals surface area (Å²) in [6.07, 6.45) is 1.21. The summed E-state index contributed by atoms with van der Waals surface area (Å²) in [7, 11) is 0. The summed E-state index contributed by atoms with van der Waals surface area (Å²) in [5, 5.41) is 13.6. The fourth-order valence-electron chi connectivity index (χ4n) is 1.50. The molecule has 3 amide bonds. The summed E-state index contributed by atoms with van der Waals surface area (Å²) in [5.74, 6) is -1.37. The number of carboxylic acid groups (broad SMARTS) is 1. The number of carbonyl (C=O) groups excluding carboxylic acids is 2. The second-order valence-electron chi connectivity index (χ2n) is 4.17. The van der Waals surface area contributed by atoms with E-state index < -0.39 is 11.9 Å². The third kappa shape index (κ3) is 5.85. The van der Waals surface area contributed by atoms with Gasteiger partial charge in [-0.15, -0.1) is 0 Å². The quantitative estimate of drug-likeness (QED) is 0.559. The summed E-state index contributed by atoms with van der Waals surface area (Å²) in [4.78, 5) is 32.6. The first-order valence-corrected chi connectivity index (χ1v) is 6.15. The van der Waals surface area contributed by atoms with Crippen molar-refractivity contribution in [3.05, 3.63) is 29.8 Å². The fraction of sp³-hybridized carbons (Fsp3) is 0.308. The number of benzene rings is 1. The van der Waals surface area contributed by atoms with Crippen LogP contribution in [0.4, 0.5) is 10.5 Å². The van der Waals surface area contributed by atoms with E-state index in [9.17, 15) is 14.4 Å². The Hall–Kier alpha value is -2.57. The maximum absolute atomic E-state index is 11.5. The van der Waals surface area contributed by atoms with Gasteiger partial charge >= 0.3 is 12.0 Å². The van der Waals surface area contributed by atoms with Crippen LogP contribution in [0.2, 0.25) is 0 Å². The number of amides is 3. The Morgan fingerprint density at radius 1 is 1.10 bits per heavy atom. The number of aliphatic carboxylic acids is 1. The molecule has 108 valence electrons. The Labute approximate surface area is 116 Å². The van der Waals surface area contributed by atoms with Gasteiger partial charge in [-0.05, 0) is 37.1 Å². The Morgan fingerprint density at radius 2 is 1.75 bits per heavy atom. The molecule has 0 unspecified atom stereocenters. The molecule has 5 N–H and O–H groups in total. The second-order valence-corrected chi connectivity index (χ2v) is 4.17. The number of urea groups is 1. The number of nitrogens with two attached hydrogens (primary N) is 1. The Bertz CT molecular complexity index is 485. The van der Waals surface area contributed by atoms with Crippen LogP contribution in [0.5, 0.6) is 0 Å². The number of rotatable bonds is 7. The molecule has 20 heavy (non-hydrogen) atoms. The van der Waals surface area contributed by atoms with E-state index in [1.807, 2.05) is 0 Å². The summed E-state index contributed by atoms with van der Waals surface area (Å²) in [6, 6.07) is 5.80. The number of primary amides is 1. The van der Waals surface area contributed by atoms with Crippen LogP contribution in [0.25, 0.3) is 0 Å². The van der Waals surface area contributed by atoms with Crippen molar-refractivity contribution in [2.24, 2.45) is 5.73 Å². The van der Waals surface area contributed by atoms with Crippen LogP contribution in [-0.2, 0) is 4.79 Å². The van der Waals surface area contributed by atoms with Crippen molar-refractivity contribution in [3.63, 3.8) is 0 Å². The van der Waals surface area contributed by atoms with Crippen molar-refractivity contribution in [2.75, 3.05) is 11.9 Å². The van der Waals surface area contributed by atoms with E-state index in [4.69, 9.17) is 10.8 Å². The zero-order valence-corrected chi connectivity index (χ0v) is 10.9. The molecule has 0 saturated heterocycles. The van der Waals surface area contributed by atoms with Crippen molar-refractivity contribution >= 4 is 23.6 Å². The van der Waals surface area contributed by atoms with E-state index >= 15 is 0 Å². The zero-order valence-electron chi connectivity index (χ0n) is 10.9. The molecule has 0 fully saturated rings. The number of carboxylic acids is 1. The molecule has 0 heterocycles. The summed E-state index contributed by atoms with van der Waals surface area (Å²) in [6.45, 7) is 0.401. The first-order chi connectivity index (χ1) is 9.49. The van der Waals surface area contributed by atoms with Gasteiger partial charge in [0.15, 0.2) is 0 Å². The molecular formula is C13H17N3O4. The van der Waals surface area contributed by atoms with Crippen LogP contribution in [0.3, 0.4) is 0 Å². The maximum atomic E-state index is 11.5.